The van der Waals surface area contributed by atoms with Gasteiger partial charge in [0.15, 0.2) is 0 Å². The van der Waals surface area contributed by atoms with E-state index in [-0.39, 0.29) is 11.3 Å². The van der Waals surface area contributed by atoms with Crippen molar-refractivity contribution in [1.82, 2.24) is 4.72 Å². The molecule has 0 radical (unpaired) electrons. The zero-order valence-electron chi connectivity index (χ0n) is 10.1. The molecule has 0 saturated carbocycles. The Kier molecular flexibility index (Phi) is 6.12. The molecule has 0 aliphatic carbocycles. The molecule has 1 aromatic rings. The van der Waals surface area contributed by atoms with Crippen LogP contribution in [0.25, 0.3) is 0 Å². The number of carboxylic acids is 1. The number of nitrogens with one attached hydrogen (secondary N) is 1. The molecule has 0 bridgehead atoms. The number of carbonyl (C=O) groups excluding carboxylic acids is 1. The van der Waals surface area contributed by atoms with Gasteiger partial charge in [-0.2, -0.15) is 11.8 Å². The Bertz CT molecular complexity index is 530. The second-order valence-corrected chi connectivity index (χ2v) is 6.86. The topological polar surface area (TPSA) is 86.3 Å². The summed E-state index contributed by atoms with van der Waals surface area (Å²) in [5.41, 5.74) is 0. The van der Waals surface area contributed by atoms with Gasteiger partial charge in [0.1, 0.15) is 0 Å². The highest BCUT2D eigenvalue weighted by atomic mass is 35.5. The van der Waals surface area contributed by atoms with Gasteiger partial charge in [-0.15, -0.1) is 0 Å². The van der Waals surface area contributed by atoms with Crippen LogP contribution in [-0.4, -0.2) is 32.4 Å². The molecule has 0 aliphatic heterocycles. The number of carboxylic acid groups (broad SMARTS) is 1. The summed E-state index contributed by atoms with van der Waals surface area (Å²) in [6.45, 7) is 0. The summed E-state index contributed by atoms with van der Waals surface area (Å²) in [4.78, 5) is 10.9. The molecule has 0 amide bonds. The lowest BCUT2D eigenvalue weighted by Gasteiger charge is -2.19. The third-order valence-corrected chi connectivity index (χ3v) is 4.70. The number of rotatable bonds is 7. The van der Waals surface area contributed by atoms with Crippen LogP contribution in [-0.2, 0) is 14.8 Å². The molecule has 106 valence electrons. The van der Waals surface area contributed by atoms with E-state index in [0.717, 1.165) is 0 Å². The van der Waals surface area contributed by atoms with Crippen molar-refractivity contribution in [3.05, 3.63) is 29.3 Å². The maximum Gasteiger partial charge on any atom is 0.241 e. The molecule has 8 heteroatoms. The standard InChI is InChI=1S/C11H14ClNO4S2/c1-18-7-6-10(11(14)15)13-19(16,17)9-4-2-8(12)3-5-9/h2-5,10,13H,6-7H2,1H3,(H,14,15)/p-1/t10-/m1/s1. The van der Waals surface area contributed by atoms with E-state index in [9.17, 15) is 18.3 Å². The van der Waals surface area contributed by atoms with E-state index in [1.807, 2.05) is 0 Å². The Morgan fingerprint density at radius 2 is 2.00 bits per heavy atom. The zero-order chi connectivity index (χ0) is 14.5. The number of halogens is 1. The van der Waals surface area contributed by atoms with Gasteiger partial charge in [-0.25, -0.2) is 13.1 Å². The third-order valence-electron chi connectivity index (χ3n) is 2.32. The number of hydrogen-bond donors (Lipinski definition) is 1. The largest absolute Gasteiger partial charge is 0.548 e. The first-order valence-electron chi connectivity index (χ1n) is 5.34. The predicted molar refractivity (Wildman–Crippen MR) is 73.6 cm³/mol. The summed E-state index contributed by atoms with van der Waals surface area (Å²) in [5, 5.41) is 11.3. The quantitative estimate of drug-likeness (QED) is 0.789. The number of thioether (sulfide) groups is 1. The maximum absolute atomic E-state index is 12.0. The maximum atomic E-state index is 12.0. The van der Waals surface area contributed by atoms with Crippen LogP contribution in [0.2, 0.25) is 5.02 Å². The first-order chi connectivity index (χ1) is 8.86. The molecule has 1 rings (SSSR count). The molecule has 5 nitrogen and oxygen atoms in total. The third kappa shape index (κ3) is 5.02. The van der Waals surface area contributed by atoms with Crippen molar-refractivity contribution in [2.75, 3.05) is 12.0 Å². The van der Waals surface area contributed by atoms with E-state index in [1.54, 1.807) is 6.26 Å². The highest BCUT2D eigenvalue weighted by Gasteiger charge is 2.20. The number of hydrogen-bond acceptors (Lipinski definition) is 5. The van der Waals surface area contributed by atoms with Crippen molar-refractivity contribution >= 4 is 39.4 Å². The van der Waals surface area contributed by atoms with Crippen LogP contribution < -0.4 is 9.83 Å². The van der Waals surface area contributed by atoms with Gasteiger partial charge in [0.05, 0.1) is 16.9 Å². The van der Waals surface area contributed by atoms with Gasteiger partial charge in [-0.05, 0) is 42.7 Å². The van der Waals surface area contributed by atoms with Gasteiger partial charge >= 0.3 is 0 Å². The fraction of sp³-hybridized carbons (Fsp3) is 0.364. The monoisotopic (exact) mass is 322 g/mol. The van der Waals surface area contributed by atoms with Crippen molar-refractivity contribution in [3.63, 3.8) is 0 Å². The summed E-state index contributed by atoms with van der Waals surface area (Å²) in [7, 11) is -3.89. The molecule has 0 aliphatic rings. The molecule has 0 aromatic heterocycles. The Morgan fingerprint density at radius 3 is 2.47 bits per heavy atom. The summed E-state index contributed by atoms with van der Waals surface area (Å²) in [5.74, 6) is -0.923. The number of sulfonamides is 1. The van der Waals surface area contributed by atoms with E-state index in [1.165, 1.54) is 36.0 Å². The summed E-state index contributed by atoms with van der Waals surface area (Å²) in [6.07, 6.45) is 1.97. The number of benzene rings is 1. The second kappa shape index (κ2) is 7.14. The molecule has 0 heterocycles. The van der Waals surface area contributed by atoms with E-state index in [0.29, 0.717) is 10.8 Å². The van der Waals surface area contributed by atoms with Crippen LogP contribution >= 0.6 is 23.4 Å². The number of aliphatic carboxylic acids is 1. The van der Waals surface area contributed by atoms with Gasteiger partial charge in [0.2, 0.25) is 10.0 Å². The van der Waals surface area contributed by atoms with E-state index in [4.69, 9.17) is 11.6 Å². The van der Waals surface area contributed by atoms with Gasteiger partial charge < -0.3 is 9.90 Å². The van der Waals surface area contributed by atoms with Gasteiger partial charge in [0.25, 0.3) is 0 Å². The fourth-order valence-corrected chi connectivity index (χ4v) is 3.15. The van der Waals surface area contributed by atoms with Crippen LogP contribution in [0, 0.1) is 0 Å². The predicted octanol–water partition coefficient (Wildman–Crippen LogP) is 0.490. The zero-order valence-corrected chi connectivity index (χ0v) is 12.5. The van der Waals surface area contributed by atoms with Crippen molar-refractivity contribution in [1.29, 1.82) is 0 Å². The average molecular weight is 323 g/mol. The van der Waals surface area contributed by atoms with Gasteiger partial charge in [0, 0.05) is 5.02 Å². The van der Waals surface area contributed by atoms with Crippen molar-refractivity contribution in [3.8, 4) is 0 Å². The molecule has 1 aromatic carbocycles. The molecule has 0 fully saturated rings. The lowest BCUT2D eigenvalue weighted by molar-refractivity contribution is -0.308. The molecule has 19 heavy (non-hydrogen) atoms. The van der Waals surface area contributed by atoms with Crippen LogP contribution in [0.5, 0.6) is 0 Å². The highest BCUT2D eigenvalue weighted by molar-refractivity contribution is 7.98. The van der Waals surface area contributed by atoms with Gasteiger partial charge in [-0.3, -0.25) is 0 Å². The van der Waals surface area contributed by atoms with Crippen molar-refractivity contribution in [2.45, 2.75) is 17.4 Å². The molecule has 0 saturated heterocycles. The first kappa shape index (κ1) is 16.3. The summed E-state index contributed by atoms with van der Waals surface area (Å²) in [6, 6.07) is 4.23. The van der Waals surface area contributed by atoms with Crippen molar-refractivity contribution < 1.29 is 18.3 Å². The lowest BCUT2D eigenvalue weighted by Crippen LogP contribution is -2.48. The Morgan fingerprint density at radius 1 is 1.42 bits per heavy atom. The van der Waals surface area contributed by atoms with E-state index in [2.05, 4.69) is 4.72 Å². The Hall–Kier alpha value is -0.760. The normalized spacial score (nSPS) is 13.2. The minimum Gasteiger partial charge on any atom is -0.548 e. The van der Waals surface area contributed by atoms with E-state index >= 15 is 0 Å². The van der Waals surface area contributed by atoms with Crippen LogP contribution in [0.3, 0.4) is 0 Å². The molecule has 0 spiro atoms. The van der Waals surface area contributed by atoms with Crippen LogP contribution in [0.1, 0.15) is 6.42 Å². The van der Waals surface area contributed by atoms with E-state index < -0.39 is 22.0 Å². The average Bonchev–Trinajstić information content (AvgIpc) is 2.34. The van der Waals surface area contributed by atoms with Crippen LogP contribution in [0.15, 0.2) is 29.2 Å². The number of carbonyl (C=O) groups is 1. The molecular formula is C11H13ClNO4S2-. The van der Waals surface area contributed by atoms with Crippen LogP contribution in [0.4, 0.5) is 0 Å². The Balaban J connectivity index is 2.87. The minimum absolute atomic E-state index is 0.0349. The SMILES string of the molecule is CSCC[C@@H](NS(=O)(=O)c1ccc(Cl)cc1)C(=O)[O-]. The van der Waals surface area contributed by atoms with Gasteiger partial charge in [-0.1, -0.05) is 11.6 Å². The second-order valence-electron chi connectivity index (χ2n) is 3.73. The summed E-state index contributed by atoms with van der Waals surface area (Å²) < 4.78 is 26.1. The highest BCUT2D eigenvalue weighted by Crippen LogP contribution is 2.14. The minimum atomic E-state index is -3.89. The molecule has 0 unspecified atom stereocenters. The Labute approximate surface area is 121 Å². The first-order valence-corrected chi connectivity index (χ1v) is 8.60. The summed E-state index contributed by atoms with van der Waals surface area (Å²) >= 11 is 7.09. The lowest BCUT2D eigenvalue weighted by atomic mass is 10.2. The molecule has 1 atom stereocenters. The van der Waals surface area contributed by atoms with Crippen molar-refractivity contribution in [2.24, 2.45) is 0 Å². The fourth-order valence-electron chi connectivity index (χ4n) is 1.33. The smallest absolute Gasteiger partial charge is 0.241 e. The molecular weight excluding hydrogens is 310 g/mol. The molecule has 1 N–H and O–H groups in total.